The van der Waals surface area contributed by atoms with Crippen LogP contribution < -0.4 is 0 Å². The Morgan fingerprint density at radius 3 is 3.00 bits per heavy atom. The van der Waals surface area contributed by atoms with Gasteiger partial charge in [-0.05, 0) is 31.0 Å². The second-order valence-electron chi connectivity index (χ2n) is 4.42. The number of ether oxygens (including phenoxy) is 1. The number of benzene rings is 1. The average Bonchev–Trinajstić information content (AvgIpc) is 2.37. The van der Waals surface area contributed by atoms with Gasteiger partial charge in [-0.3, -0.25) is 4.90 Å². The van der Waals surface area contributed by atoms with E-state index in [2.05, 4.69) is 36.1 Å². The van der Waals surface area contributed by atoms with Crippen molar-refractivity contribution >= 4 is 11.6 Å². The van der Waals surface area contributed by atoms with Crippen LogP contribution in [0.4, 0.5) is 0 Å². The third kappa shape index (κ3) is 3.21. The molecule has 1 aromatic rings. The molecule has 1 heterocycles. The molecule has 1 unspecified atom stereocenters. The zero-order valence-corrected chi connectivity index (χ0v) is 11.1. The lowest BCUT2D eigenvalue weighted by atomic mass is 9.97. The fourth-order valence-electron chi connectivity index (χ4n) is 2.43. The highest BCUT2D eigenvalue weighted by Crippen LogP contribution is 2.29. The molecule has 2 nitrogen and oxygen atoms in total. The molecule has 1 aliphatic rings. The highest BCUT2D eigenvalue weighted by Gasteiger charge is 2.24. The van der Waals surface area contributed by atoms with Crippen LogP contribution in [-0.2, 0) is 11.3 Å². The Bertz CT molecular complexity index is 356. The summed E-state index contributed by atoms with van der Waals surface area (Å²) in [6, 6.07) is 8.59. The van der Waals surface area contributed by atoms with E-state index >= 15 is 0 Å². The Balaban J connectivity index is 2.11. The van der Waals surface area contributed by atoms with Crippen LogP contribution in [0.15, 0.2) is 24.3 Å². The summed E-state index contributed by atoms with van der Waals surface area (Å²) in [6.07, 6.45) is 1.27. The first kappa shape index (κ1) is 12.9. The maximum atomic E-state index is 5.84. The van der Waals surface area contributed by atoms with Crippen LogP contribution in [0.1, 0.15) is 30.6 Å². The van der Waals surface area contributed by atoms with Gasteiger partial charge in [0.2, 0.25) is 0 Å². The van der Waals surface area contributed by atoms with Crippen molar-refractivity contribution in [2.24, 2.45) is 0 Å². The van der Waals surface area contributed by atoms with Crippen molar-refractivity contribution in [2.75, 3.05) is 25.6 Å². The predicted molar refractivity (Wildman–Crippen MR) is 71.4 cm³/mol. The van der Waals surface area contributed by atoms with Crippen molar-refractivity contribution in [1.82, 2.24) is 4.90 Å². The number of nitrogens with zero attached hydrogens (tertiary/aromatic N) is 1. The molecule has 0 spiro atoms. The van der Waals surface area contributed by atoms with Gasteiger partial charge in [0.25, 0.3) is 0 Å². The van der Waals surface area contributed by atoms with Crippen LogP contribution in [0.3, 0.4) is 0 Å². The first-order valence-electron chi connectivity index (χ1n) is 6.33. The SMILES string of the molecule is CCOC1CN(CCCCl)Cc2ccccc21. The summed E-state index contributed by atoms with van der Waals surface area (Å²) in [5.74, 6) is 0.734. The highest BCUT2D eigenvalue weighted by atomic mass is 35.5. The van der Waals surface area contributed by atoms with Crippen LogP contribution in [0.25, 0.3) is 0 Å². The number of alkyl halides is 1. The van der Waals surface area contributed by atoms with Gasteiger partial charge in [-0.15, -0.1) is 11.6 Å². The summed E-state index contributed by atoms with van der Waals surface area (Å²) in [7, 11) is 0. The van der Waals surface area contributed by atoms with Gasteiger partial charge >= 0.3 is 0 Å². The molecule has 1 aliphatic heterocycles. The van der Waals surface area contributed by atoms with Gasteiger partial charge in [0.05, 0.1) is 6.10 Å². The van der Waals surface area contributed by atoms with E-state index < -0.39 is 0 Å². The second kappa shape index (κ2) is 6.39. The number of halogens is 1. The van der Waals surface area contributed by atoms with Crippen molar-refractivity contribution in [3.8, 4) is 0 Å². The van der Waals surface area contributed by atoms with E-state index in [1.54, 1.807) is 0 Å². The number of hydrogen-bond acceptors (Lipinski definition) is 2. The van der Waals surface area contributed by atoms with E-state index in [1.807, 2.05) is 0 Å². The Labute approximate surface area is 109 Å². The van der Waals surface area contributed by atoms with Crippen molar-refractivity contribution in [2.45, 2.75) is 26.0 Å². The molecule has 17 heavy (non-hydrogen) atoms. The highest BCUT2D eigenvalue weighted by molar-refractivity contribution is 6.17. The standard InChI is InChI=1S/C14H20ClNO/c1-2-17-14-11-16(9-5-8-15)10-12-6-3-4-7-13(12)14/h3-4,6-7,14H,2,5,8-11H2,1H3. The molecule has 94 valence electrons. The molecular weight excluding hydrogens is 234 g/mol. The topological polar surface area (TPSA) is 12.5 Å². The van der Waals surface area contributed by atoms with Crippen molar-refractivity contribution in [1.29, 1.82) is 0 Å². The third-order valence-corrected chi connectivity index (χ3v) is 3.46. The lowest BCUT2D eigenvalue weighted by Crippen LogP contribution is -2.35. The van der Waals surface area contributed by atoms with Crippen LogP contribution >= 0.6 is 11.6 Å². The van der Waals surface area contributed by atoms with Gasteiger partial charge in [-0.2, -0.15) is 0 Å². The molecule has 0 amide bonds. The molecule has 0 aliphatic carbocycles. The van der Waals surface area contributed by atoms with Crippen LogP contribution in [-0.4, -0.2) is 30.5 Å². The van der Waals surface area contributed by atoms with E-state index in [9.17, 15) is 0 Å². The Morgan fingerprint density at radius 1 is 1.41 bits per heavy atom. The monoisotopic (exact) mass is 253 g/mol. The number of rotatable bonds is 5. The summed E-state index contributed by atoms with van der Waals surface area (Å²) in [5.41, 5.74) is 2.75. The minimum atomic E-state index is 0.222. The van der Waals surface area contributed by atoms with Crippen molar-refractivity contribution in [3.05, 3.63) is 35.4 Å². The summed E-state index contributed by atoms with van der Waals surface area (Å²) >= 11 is 5.76. The van der Waals surface area contributed by atoms with Crippen LogP contribution in [0.5, 0.6) is 0 Å². The van der Waals surface area contributed by atoms with Crippen LogP contribution in [0, 0.1) is 0 Å². The van der Waals surface area contributed by atoms with Crippen molar-refractivity contribution in [3.63, 3.8) is 0 Å². The zero-order valence-electron chi connectivity index (χ0n) is 10.4. The number of fused-ring (bicyclic) bond motifs is 1. The van der Waals surface area contributed by atoms with Gasteiger partial charge in [-0.25, -0.2) is 0 Å². The first-order chi connectivity index (χ1) is 8.35. The maximum Gasteiger partial charge on any atom is 0.0954 e. The lowest BCUT2D eigenvalue weighted by Gasteiger charge is -2.34. The second-order valence-corrected chi connectivity index (χ2v) is 4.80. The molecule has 1 atom stereocenters. The molecule has 0 aromatic heterocycles. The largest absolute Gasteiger partial charge is 0.372 e. The number of hydrogen-bond donors (Lipinski definition) is 0. The molecule has 0 saturated heterocycles. The van der Waals surface area contributed by atoms with E-state index in [4.69, 9.17) is 16.3 Å². The van der Waals surface area contributed by atoms with Gasteiger partial charge in [0.1, 0.15) is 0 Å². The minimum Gasteiger partial charge on any atom is -0.372 e. The van der Waals surface area contributed by atoms with Gasteiger partial charge in [0.15, 0.2) is 0 Å². The molecule has 2 rings (SSSR count). The predicted octanol–water partition coefficient (Wildman–Crippen LogP) is 3.21. The van der Waals surface area contributed by atoms with Gasteiger partial charge in [-0.1, -0.05) is 24.3 Å². The summed E-state index contributed by atoms with van der Waals surface area (Å²) in [5, 5.41) is 0. The maximum absolute atomic E-state index is 5.84. The van der Waals surface area contributed by atoms with E-state index in [0.29, 0.717) is 0 Å². The summed E-state index contributed by atoms with van der Waals surface area (Å²) in [6.45, 7) is 5.89. The molecule has 1 aromatic carbocycles. The van der Waals surface area contributed by atoms with E-state index in [-0.39, 0.29) is 6.10 Å². The molecule has 0 radical (unpaired) electrons. The zero-order chi connectivity index (χ0) is 12.1. The minimum absolute atomic E-state index is 0.222. The Morgan fingerprint density at radius 2 is 2.24 bits per heavy atom. The molecule has 0 N–H and O–H groups in total. The van der Waals surface area contributed by atoms with Crippen molar-refractivity contribution < 1.29 is 4.74 Å². The Kier molecular flexibility index (Phi) is 4.84. The fourth-order valence-corrected chi connectivity index (χ4v) is 2.55. The normalized spacial score (nSPS) is 20.2. The molecule has 0 saturated carbocycles. The first-order valence-corrected chi connectivity index (χ1v) is 6.86. The van der Waals surface area contributed by atoms with Crippen LogP contribution in [0.2, 0.25) is 0 Å². The summed E-state index contributed by atoms with van der Waals surface area (Å²) in [4.78, 5) is 2.44. The Hall–Kier alpha value is -0.570. The lowest BCUT2D eigenvalue weighted by molar-refractivity contribution is 0.0199. The van der Waals surface area contributed by atoms with Gasteiger partial charge in [0, 0.05) is 25.6 Å². The molecular formula is C14H20ClNO. The van der Waals surface area contributed by atoms with E-state index in [0.717, 1.165) is 38.5 Å². The average molecular weight is 254 g/mol. The smallest absolute Gasteiger partial charge is 0.0954 e. The fraction of sp³-hybridized carbons (Fsp3) is 0.571. The van der Waals surface area contributed by atoms with Gasteiger partial charge < -0.3 is 4.74 Å². The quantitative estimate of drug-likeness (QED) is 0.748. The van der Waals surface area contributed by atoms with E-state index in [1.165, 1.54) is 11.1 Å². The molecule has 0 bridgehead atoms. The molecule has 3 heteroatoms. The molecule has 0 fully saturated rings. The summed E-state index contributed by atoms with van der Waals surface area (Å²) < 4.78 is 5.84. The third-order valence-electron chi connectivity index (χ3n) is 3.20.